The molecule has 1 aliphatic rings. The second-order valence-corrected chi connectivity index (χ2v) is 6.73. The first kappa shape index (κ1) is 18.4. The molecule has 0 amide bonds. The van der Waals surface area contributed by atoms with Crippen molar-refractivity contribution in [3.8, 4) is 0 Å². The SMILES string of the molecule is O=C(O)C=C(C(=O)O)C1(c2ccccc2)c2ccccc2CN1c1ccncc1. The van der Waals surface area contributed by atoms with E-state index in [0.29, 0.717) is 12.1 Å². The summed E-state index contributed by atoms with van der Waals surface area (Å²) >= 11 is 0. The lowest BCUT2D eigenvalue weighted by molar-refractivity contribution is -0.135. The molecule has 0 saturated heterocycles. The van der Waals surface area contributed by atoms with Gasteiger partial charge in [-0.15, -0.1) is 0 Å². The first-order valence-electron chi connectivity index (χ1n) is 9.05. The molecule has 0 aliphatic carbocycles. The van der Waals surface area contributed by atoms with Gasteiger partial charge < -0.3 is 15.1 Å². The zero-order valence-corrected chi connectivity index (χ0v) is 15.4. The van der Waals surface area contributed by atoms with Crippen LogP contribution < -0.4 is 4.90 Å². The Morgan fingerprint density at radius 1 is 0.931 bits per heavy atom. The number of fused-ring (bicyclic) bond motifs is 1. The van der Waals surface area contributed by atoms with Gasteiger partial charge in [0.05, 0.1) is 5.57 Å². The zero-order chi connectivity index (χ0) is 20.4. The Balaban J connectivity index is 2.13. The molecule has 1 aromatic heterocycles. The van der Waals surface area contributed by atoms with E-state index >= 15 is 0 Å². The quantitative estimate of drug-likeness (QED) is 0.653. The molecule has 6 heteroatoms. The summed E-state index contributed by atoms with van der Waals surface area (Å²) in [6.07, 6.45) is 4.07. The fourth-order valence-electron chi connectivity index (χ4n) is 4.14. The van der Waals surface area contributed by atoms with Crippen LogP contribution in [0.25, 0.3) is 0 Å². The molecular weight excluding hydrogens is 368 g/mol. The van der Waals surface area contributed by atoms with Gasteiger partial charge in [0.15, 0.2) is 0 Å². The largest absolute Gasteiger partial charge is 0.478 e. The van der Waals surface area contributed by atoms with E-state index in [2.05, 4.69) is 4.98 Å². The fraction of sp³-hybridized carbons (Fsp3) is 0.0870. The normalized spacial score (nSPS) is 18.3. The Hall–Kier alpha value is -3.93. The molecule has 2 aromatic carbocycles. The first-order valence-corrected chi connectivity index (χ1v) is 9.05. The maximum Gasteiger partial charge on any atom is 0.334 e. The molecule has 0 saturated carbocycles. The van der Waals surface area contributed by atoms with E-state index in [1.807, 2.05) is 59.5 Å². The number of benzene rings is 2. The lowest BCUT2D eigenvalue weighted by Crippen LogP contribution is -2.46. The molecule has 0 spiro atoms. The van der Waals surface area contributed by atoms with Gasteiger partial charge in [0.25, 0.3) is 0 Å². The summed E-state index contributed by atoms with van der Waals surface area (Å²) < 4.78 is 0. The number of aromatic nitrogens is 1. The predicted molar refractivity (Wildman–Crippen MR) is 107 cm³/mol. The minimum atomic E-state index is -1.31. The Labute approximate surface area is 167 Å². The van der Waals surface area contributed by atoms with Crippen molar-refractivity contribution in [3.63, 3.8) is 0 Å². The van der Waals surface area contributed by atoms with E-state index in [9.17, 15) is 19.8 Å². The first-order chi connectivity index (χ1) is 14.0. The number of rotatable bonds is 5. The average Bonchev–Trinajstić information content (AvgIpc) is 3.09. The lowest BCUT2D eigenvalue weighted by atomic mass is 9.76. The Bertz CT molecular complexity index is 1100. The number of anilines is 1. The topological polar surface area (TPSA) is 90.7 Å². The van der Waals surface area contributed by atoms with Crippen molar-refractivity contribution >= 4 is 17.6 Å². The lowest BCUT2D eigenvalue weighted by Gasteiger charge is -2.41. The predicted octanol–water partition coefficient (Wildman–Crippen LogP) is 3.44. The summed E-state index contributed by atoms with van der Waals surface area (Å²) in [6, 6.07) is 20.3. The molecule has 0 bridgehead atoms. The fourth-order valence-corrected chi connectivity index (χ4v) is 4.14. The number of hydrogen-bond donors (Lipinski definition) is 2. The van der Waals surface area contributed by atoms with E-state index < -0.39 is 17.5 Å². The third-order valence-electron chi connectivity index (χ3n) is 5.19. The molecule has 1 atom stereocenters. The highest BCUT2D eigenvalue weighted by Crippen LogP contribution is 2.51. The average molecular weight is 386 g/mol. The van der Waals surface area contributed by atoms with Crippen LogP contribution in [0.2, 0.25) is 0 Å². The third kappa shape index (κ3) is 2.95. The van der Waals surface area contributed by atoms with Gasteiger partial charge in [-0.25, -0.2) is 9.59 Å². The number of pyridine rings is 1. The van der Waals surface area contributed by atoms with E-state index in [0.717, 1.165) is 22.9 Å². The second-order valence-electron chi connectivity index (χ2n) is 6.73. The van der Waals surface area contributed by atoms with Crippen LogP contribution in [0.3, 0.4) is 0 Å². The monoisotopic (exact) mass is 386 g/mol. The van der Waals surface area contributed by atoms with E-state index in [1.54, 1.807) is 24.5 Å². The van der Waals surface area contributed by atoms with Crippen LogP contribution in [0.1, 0.15) is 16.7 Å². The minimum Gasteiger partial charge on any atom is -0.478 e. The van der Waals surface area contributed by atoms with Crippen LogP contribution >= 0.6 is 0 Å². The van der Waals surface area contributed by atoms with Gasteiger partial charge in [0.1, 0.15) is 5.54 Å². The highest BCUT2D eigenvalue weighted by molar-refractivity contribution is 5.99. The molecule has 0 radical (unpaired) electrons. The molecule has 4 rings (SSSR count). The summed E-state index contributed by atoms with van der Waals surface area (Å²) in [4.78, 5) is 30.0. The van der Waals surface area contributed by atoms with E-state index in [-0.39, 0.29) is 5.57 Å². The van der Waals surface area contributed by atoms with Gasteiger partial charge in [-0.05, 0) is 28.8 Å². The maximum atomic E-state index is 12.4. The van der Waals surface area contributed by atoms with Crippen molar-refractivity contribution in [3.05, 3.63) is 107 Å². The van der Waals surface area contributed by atoms with Crippen molar-refractivity contribution in [2.75, 3.05) is 4.90 Å². The number of aliphatic carboxylic acids is 2. The molecule has 1 unspecified atom stereocenters. The summed E-state index contributed by atoms with van der Waals surface area (Å²) in [5.74, 6) is -2.59. The van der Waals surface area contributed by atoms with Gasteiger partial charge in [-0.3, -0.25) is 4.98 Å². The standard InChI is InChI=1S/C23H18N2O4/c26-21(27)14-20(22(28)29)23(17-7-2-1-3-8-17)19-9-5-4-6-16(19)15-25(23)18-10-12-24-13-11-18/h1-14H,15H2,(H,26,27)(H,28,29). The second kappa shape index (κ2) is 7.24. The highest BCUT2D eigenvalue weighted by Gasteiger charge is 2.52. The van der Waals surface area contributed by atoms with E-state index in [4.69, 9.17) is 0 Å². The Morgan fingerprint density at radius 3 is 2.24 bits per heavy atom. The van der Waals surface area contributed by atoms with Crippen LogP contribution in [0.15, 0.2) is 90.8 Å². The molecule has 2 N–H and O–H groups in total. The third-order valence-corrected chi connectivity index (χ3v) is 5.19. The van der Waals surface area contributed by atoms with Crippen LogP contribution in [0.4, 0.5) is 5.69 Å². The van der Waals surface area contributed by atoms with Gasteiger partial charge in [-0.2, -0.15) is 0 Å². The van der Waals surface area contributed by atoms with Gasteiger partial charge in [0, 0.05) is 30.7 Å². The number of carboxylic acid groups (broad SMARTS) is 2. The van der Waals surface area contributed by atoms with Crippen LogP contribution in [-0.4, -0.2) is 27.1 Å². The molecule has 29 heavy (non-hydrogen) atoms. The highest BCUT2D eigenvalue weighted by atomic mass is 16.4. The molecule has 3 aromatic rings. The van der Waals surface area contributed by atoms with Gasteiger partial charge in [0.2, 0.25) is 0 Å². The van der Waals surface area contributed by atoms with Crippen LogP contribution in [0, 0.1) is 0 Å². The van der Waals surface area contributed by atoms with E-state index in [1.165, 1.54) is 0 Å². The molecular formula is C23H18N2O4. The molecule has 1 aliphatic heterocycles. The Morgan fingerprint density at radius 2 is 1.59 bits per heavy atom. The van der Waals surface area contributed by atoms with Crippen molar-refractivity contribution in [1.82, 2.24) is 4.98 Å². The molecule has 0 fully saturated rings. The zero-order valence-electron chi connectivity index (χ0n) is 15.4. The van der Waals surface area contributed by atoms with Crippen molar-refractivity contribution < 1.29 is 19.8 Å². The summed E-state index contributed by atoms with van der Waals surface area (Å²) in [6.45, 7) is 0.430. The number of hydrogen-bond acceptors (Lipinski definition) is 4. The van der Waals surface area contributed by atoms with Crippen molar-refractivity contribution in [2.24, 2.45) is 0 Å². The molecule has 144 valence electrons. The molecule has 6 nitrogen and oxygen atoms in total. The van der Waals surface area contributed by atoms with Crippen molar-refractivity contribution in [2.45, 2.75) is 12.1 Å². The summed E-state index contributed by atoms with van der Waals surface area (Å²) in [7, 11) is 0. The maximum absolute atomic E-state index is 12.4. The van der Waals surface area contributed by atoms with Gasteiger partial charge >= 0.3 is 11.9 Å². The summed E-state index contributed by atoms with van der Waals surface area (Å²) in [5.41, 5.74) is 1.58. The minimum absolute atomic E-state index is 0.224. The molecule has 2 heterocycles. The smallest absolute Gasteiger partial charge is 0.334 e. The van der Waals surface area contributed by atoms with Crippen LogP contribution in [0.5, 0.6) is 0 Å². The number of carbonyl (C=O) groups is 2. The van der Waals surface area contributed by atoms with Crippen molar-refractivity contribution in [1.29, 1.82) is 0 Å². The summed E-state index contributed by atoms with van der Waals surface area (Å²) in [5, 5.41) is 19.6. The van der Waals surface area contributed by atoms with Crippen LogP contribution in [-0.2, 0) is 21.7 Å². The number of nitrogens with zero attached hydrogens (tertiary/aromatic N) is 2. The Kier molecular flexibility index (Phi) is 4.60. The van der Waals surface area contributed by atoms with Gasteiger partial charge in [-0.1, -0.05) is 54.6 Å². The number of carboxylic acids is 2.